The molecule has 0 aliphatic heterocycles. The van der Waals surface area contributed by atoms with Crippen molar-refractivity contribution in [1.29, 1.82) is 0 Å². The lowest BCUT2D eigenvalue weighted by Crippen LogP contribution is -2.30. The molecule has 7 atom stereocenters. The zero-order valence-corrected chi connectivity index (χ0v) is 55.6. The smallest absolute Gasteiger partial charge is 0.462 e. The van der Waals surface area contributed by atoms with E-state index in [-0.39, 0.29) is 25.7 Å². The molecule has 492 valence electrons. The second-order valence-electron chi connectivity index (χ2n) is 24.6. The number of phosphoric ester groups is 2. The molecule has 0 rings (SSSR count). The summed E-state index contributed by atoms with van der Waals surface area (Å²) >= 11 is 0. The van der Waals surface area contributed by atoms with Crippen LogP contribution in [-0.4, -0.2) is 96.7 Å². The normalized spacial score (nSPS) is 15.1. The van der Waals surface area contributed by atoms with Gasteiger partial charge in [0.05, 0.1) is 26.4 Å². The molecule has 19 heteroatoms. The van der Waals surface area contributed by atoms with Gasteiger partial charge in [0, 0.05) is 25.7 Å². The minimum absolute atomic E-state index is 0.101. The van der Waals surface area contributed by atoms with Gasteiger partial charge in [-0.1, -0.05) is 254 Å². The van der Waals surface area contributed by atoms with Gasteiger partial charge in [-0.2, -0.15) is 0 Å². The van der Waals surface area contributed by atoms with Gasteiger partial charge in [0.15, 0.2) is 12.2 Å². The van der Waals surface area contributed by atoms with Gasteiger partial charge in [-0.25, -0.2) is 9.13 Å². The van der Waals surface area contributed by atoms with Crippen LogP contribution in [0.3, 0.4) is 0 Å². The number of phosphoric acid groups is 2. The van der Waals surface area contributed by atoms with E-state index in [0.717, 1.165) is 120 Å². The standard InChI is InChI=1S/C64H124O17P2/c1-9-56(7)42-34-26-19-22-29-37-45-62(67)75-51-60(81-64(69)47-39-31-23-20-27-35-43-57(8)10-2)53-79-83(72,73)77-49-58(65)48-76-82(70,71)78-52-59(50-74-61(66)44-36-28-21-18-25-33-41-55(5)6)80-63(68)46-38-30-17-15-13-11-12-14-16-24-32-40-54(3)4/h54-60,65H,9-53H2,1-8H3,(H,70,71)(H,72,73)/t56?,57?,58-,59+,60+/m0/s1. The Morgan fingerprint density at radius 2 is 0.578 bits per heavy atom. The van der Waals surface area contributed by atoms with Crippen molar-refractivity contribution in [1.82, 2.24) is 0 Å². The number of aliphatic hydroxyl groups is 1. The van der Waals surface area contributed by atoms with Crippen molar-refractivity contribution in [3.63, 3.8) is 0 Å². The van der Waals surface area contributed by atoms with E-state index < -0.39 is 97.5 Å². The Bertz CT molecular complexity index is 1670. The molecule has 0 aliphatic carbocycles. The molecule has 0 saturated heterocycles. The molecule has 0 aromatic carbocycles. The molecule has 0 heterocycles. The molecule has 0 aliphatic rings. The molecule has 0 radical (unpaired) electrons. The van der Waals surface area contributed by atoms with Gasteiger partial charge in [-0.05, 0) is 49.4 Å². The molecule has 3 N–H and O–H groups in total. The van der Waals surface area contributed by atoms with E-state index >= 15 is 0 Å². The van der Waals surface area contributed by atoms with Crippen molar-refractivity contribution >= 4 is 39.5 Å². The molecule has 0 aromatic rings. The van der Waals surface area contributed by atoms with Crippen molar-refractivity contribution in [2.45, 2.75) is 324 Å². The number of esters is 4. The summed E-state index contributed by atoms with van der Waals surface area (Å²) in [5, 5.41) is 10.5. The maximum atomic E-state index is 13.0. The quantitative estimate of drug-likeness (QED) is 0.0222. The van der Waals surface area contributed by atoms with Gasteiger partial charge in [0.25, 0.3) is 0 Å². The summed E-state index contributed by atoms with van der Waals surface area (Å²) in [5.41, 5.74) is 0. The van der Waals surface area contributed by atoms with E-state index in [4.69, 9.17) is 37.0 Å². The lowest BCUT2D eigenvalue weighted by Gasteiger charge is -2.21. The predicted octanol–water partition coefficient (Wildman–Crippen LogP) is 17.4. The molecule has 0 aromatic heterocycles. The Hall–Kier alpha value is -1.94. The van der Waals surface area contributed by atoms with Gasteiger partial charge < -0.3 is 33.8 Å². The summed E-state index contributed by atoms with van der Waals surface area (Å²) < 4.78 is 68.0. The summed E-state index contributed by atoms with van der Waals surface area (Å²) in [7, 11) is -9.89. The van der Waals surface area contributed by atoms with Crippen LogP contribution in [0.1, 0.15) is 306 Å². The van der Waals surface area contributed by atoms with E-state index in [0.29, 0.717) is 31.6 Å². The van der Waals surface area contributed by atoms with Crippen LogP contribution in [-0.2, 0) is 65.4 Å². The number of carbonyl (C=O) groups excluding carboxylic acids is 4. The Morgan fingerprint density at radius 1 is 0.337 bits per heavy atom. The van der Waals surface area contributed by atoms with E-state index in [1.54, 1.807) is 0 Å². The first kappa shape index (κ1) is 81.1. The van der Waals surface area contributed by atoms with Crippen LogP contribution in [0, 0.1) is 23.7 Å². The van der Waals surface area contributed by atoms with Crippen LogP contribution in [0.15, 0.2) is 0 Å². The fourth-order valence-electron chi connectivity index (χ4n) is 9.36. The van der Waals surface area contributed by atoms with Crippen LogP contribution < -0.4 is 0 Å². The minimum atomic E-state index is -4.95. The number of ether oxygens (including phenoxy) is 4. The number of rotatable bonds is 61. The second kappa shape index (κ2) is 54.2. The average molecular weight is 1230 g/mol. The Morgan fingerprint density at radius 3 is 0.855 bits per heavy atom. The Labute approximate surface area is 505 Å². The van der Waals surface area contributed by atoms with E-state index in [1.807, 2.05) is 0 Å². The van der Waals surface area contributed by atoms with Crippen molar-refractivity contribution < 1.29 is 80.2 Å². The summed E-state index contributed by atoms with van der Waals surface area (Å²) in [4.78, 5) is 72.2. The fraction of sp³-hybridized carbons (Fsp3) is 0.938. The summed E-state index contributed by atoms with van der Waals surface area (Å²) in [6, 6.07) is 0. The molecule has 0 fully saturated rings. The van der Waals surface area contributed by atoms with Gasteiger partial charge in [-0.15, -0.1) is 0 Å². The summed E-state index contributed by atoms with van der Waals surface area (Å²) in [5.74, 6) is 0.752. The first-order valence-corrected chi connectivity index (χ1v) is 36.3. The third-order valence-electron chi connectivity index (χ3n) is 15.3. The van der Waals surface area contributed by atoms with Crippen LogP contribution in [0.4, 0.5) is 0 Å². The van der Waals surface area contributed by atoms with Gasteiger partial charge >= 0.3 is 39.5 Å². The molecular formula is C64H124O17P2. The molecule has 83 heavy (non-hydrogen) atoms. The van der Waals surface area contributed by atoms with Crippen molar-refractivity contribution in [3.8, 4) is 0 Å². The minimum Gasteiger partial charge on any atom is -0.462 e. The number of hydrogen-bond donors (Lipinski definition) is 3. The lowest BCUT2D eigenvalue weighted by molar-refractivity contribution is -0.161. The average Bonchev–Trinajstić information content (AvgIpc) is 3.44. The number of aliphatic hydroxyl groups excluding tert-OH is 1. The zero-order chi connectivity index (χ0) is 61.8. The Kier molecular flexibility index (Phi) is 53.0. The molecule has 0 bridgehead atoms. The maximum absolute atomic E-state index is 13.0. The zero-order valence-electron chi connectivity index (χ0n) is 53.8. The highest BCUT2D eigenvalue weighted by atomic mass is 31.2. The van der Waals surface area contributed by atoms with E-state index in [9.17, 15) is 43.2 Å². The molecule has 0 spiro atoms. The third-order valence-corrected chi connectivity index (χ3v) is 17.2. The largest absolute Gasteiger partial charge is 0.472 e. The Balaban J connectivity index is 5.25. The highest BCUT2D eigenvalue weighted by molar-refractivity contribution is 7.47. The molecule has 17 nitrogen and oxygen atoms in total. The predicted molar refractivity (Wildman–Crippen MR) is 331 cm³/mol. The molecule has 4 unspecified atom stereocenters. The first-order valence-electron chi connectivity index (χ1n) is 33.3. The molecule has 0 saturated carbocycles. The fourth-order valence-corrected chi connectivity index (χ4v) is 10.9. The lowest BCUT2D eigenvalue weighted by atomic mass is 10.00. The van der Waals surface area contributed by atoms with E-state index in [2.05, 4.69) is 55.4 Å². The van der Waals surface area contributed by atoms with Gasteiger partial charge in [-0.3, -0.25) is 37.3 Å². The van der Waals surface area contributed by atoms with E-state index in [1.165, 1.54) is 96.3 Å². The monoisotopic (exact) mass is 1230 g/mol. The summed E-state index contributed by atoms with van der Waals surface area (Å²) in [6.45, 7) is 13.9. The number of carbonyl (C=O) groups is 4. The van der Waals surface area contributed by atoms with Crippen LogP contribution in [0.5, 0.6) is 0 Å². The molecular weight excluding hydrogens is 1100 g/mol. The summed E-state index contributed by atoms with van der Waals surface area (Å²) in [6.07, 6.45) is 33.7. The van der Waals surface area contributed by atoms with Crippen LogP contribution in [0.25, 0.3) is 0 Å². The van der Waals surface area contributed by atoms with Crippen molar-refractivity contribution in [3.05, 3.63) is 0 Å². The maximum Gasteiger partial charge on any atom is 0.472 e. The molecule has 0 amide bonds. The van der Waals surface area contributed by atoms with Crippen LogP contribution >= 0.6 is 15.6 Å². The topological polar surface area (TPSA) is 237 Å². The van der Waals surface area contributed by atoms with Crippen molar-refractivity contribution in [2.75, 3.05) is 39.6 Å². The SMILES string of the molecule is CCC(C)CCCCCCCCC(=O)OC[C@H](COP(=O)(O)OC[C@@H](O)COP(=O)(O)OC[C@@H](COC(=O)CCCCCCCCC(C)C)OC(=O)CCCCCCCCCCCCCC(C)C)OC(=O)CCCCCCCCC(C)CC. The second-order valence-corrected chi connectivity index (χ2v) is 27.5. The van der Waals surface area contributed by atoms with Crippen LogP contribution in [0.2, 0.25) is 0 Å². The highest BCUT2D eigenvalue weighted by Crippen LogP contribution is 2.45. The van der Waals surface area contributed by atoms with Crippen molar-refractivity contribution in [2.24, 2.45) is 23.7 Å². The van der Waals surface area contributed by atoms with Gasteiger partial charge in [0.2, 0.25) is 0 Å². The highest BCUT2D eigenvalue weighted by Gasteiger charge is 2.30. The van der Waals surface area contributed by atoms with Gasteiger partial charge in [0.1, 0.15) is 19.3 Å². The third kappa shape index (κ3) is 56.3. The first-order chi connectivity index (χ1) is 39.7. The number of unbranched alkanes of at least 4 members (excludes halogenated alkanes) is 25. The number of hydrogen-bond acceptors (Lipinski definition) is 15.